The number of carboxylic acids is 1. The van der Waals surface area contributed by atoms with Crippen molar-refractivity contribution in [1.82, 2.24) is 4.31 Å². The highest BCUT2D eigenvalue weighted by atomic mass is 79.9. The number of nitrogens with zero attached hydrogens (tertiary/aromatic N) is 1. The second kappa shape index (κ2) is 5.60. The van der Waals surface area contributed by atoms with Crippen LogP contribution in [0, 0.1) is 5.92 Å². The maximum absolute atomic E-state index is 12.4. The molecule has 1 aliphatic heterocycles. The molecule has 104 valence electrons. The lowest BCUT2D eigenvalue weighted by Gasteiger charge is -2.29. The van der Waals surface area contributed by atoms with Gasteiger partial charge in [0.2, 0.25) is 10.0 Å². The van der Waals surface area contributed by atoms with Crippen molar-refractivity contribution in [1.29, 1.82) is 0 Å². The van der Waals surface area contributed by atoms with Gasteiger partial charge in [-0.25, -0.2) is 8.42 Å². The third kappa shape index (κ3) is 3.16. The molecule has 1 heterocycles. The molecule has 1 aromatic rings. The normalized spacial score (nSPS) is 21.2. The van der Waals surface area contributed by atoms with Gasteiger partial charge in [0.15, 0.2) is 0 Å². The molecule has 7 heteroatoms. The molecule has 2 rings (SSSR count). The van der Waals surface area contributed by atoms with E-state index in [1.54, 1.807) is 12.1 Å². The summed E-state index contributed by atoms with van der Waals surface area (Å²) >= 11 is 3.25. The standard InChI is InChI=1S/C12H14BrNO4S/c13-10-3-5-11(6-4-10)19(17,18)14-7-1-2-9(8-14)12(15)16/h3-6,9H,1-2,7-8H2,(H,15,16)/t9-/m0/s1. The molecular formula is C12H14BrNO4S. The molecule has 5 nitrogen and oxygen atoms in total. The number of hydrogen-bond acceptors (Lipinski definition) is 3. The van der Waals surface area contributed by atoms with E-state index in [1.165, 1.54) is 16.4 Å². The van der Waals surface area contributed by atoms with E-state index in [9.17, 15) is 13.2 Å². The van der Waals surface area contributed by atoms with Crippen LogP contribution in [0.15, 0.2) is 33.6 Å². The van der Waals surface area contributed by atoms with Crippen LogP contribution in [0.25, 0.3) is 0 Å². The van der Waals surface area contributed by atoms with E-state index in [1.807, 2.05) is 0 Å². The number of carboxylic acid groups (broad SMARTS) is 1. The van der Waals surface area contributed by atoms with Crippen LogP contribution < -0.4 is 0 Å². The zero-order valence-corrected chi connectivity index (χ0v) is 12.5. The number of aliphatic carboxylic acids is 1. The number of benzene rings is 1. The van der Waals surface area contributed by atoms with E-state index in [0.717, 1.165) is 4.47 Å². The summed E-state index contributed by atoms with van der Waals surface area (Å²) in [4.78, 5) is 11.2. The topological polar surface area (TPSA) is 74.7 Å². The van der Waals surface area contributed by atoms with Crippen molar-refractivity contribution in [3.63, 3.8) is 0 Å². The van der Waals surface area contributed by atoms with Gasteiger partial charge in [0, 0.05) is 17.6 Å². The monoisotopic (exact) mass is 347 g/mol. The predicted molar refractivity (Wildman–Crippen MR) is 73.3 cm³/mol. The minimum Gasteiger partial charge on any atom is -0.481 e. The minimum absolute atomic E-state index is 0.0493. The number of carbonyl (C=O) groups is 1. The third-order valence-electron chi connectivity index (χ3n) is 3.18. The first kappa shape index (κ1) is 14.5. The fourth-order valence-electron chi connectivity index (χ4n) is 2.12. The molecule has 0 bridgehead atoms. The summed E-state index contributed by atoms with van der Waals surface area (Å²) in [5.74, 6) is -1.55. The molecule has 1 fully saturated rings. The van der Waals surface area contributed by atoms with Crippen LogP contribution in [0.1, 0.15) is 12.8 Å². The quantitative estimate of drug-likeness (QED) is 0.906. The zero-order valence-electron chi connectivity index (χ0n) is 10.1. The number of sulfonamides is 1. The van der Waals surface area contributed by atoms with Gasteiger partial charge in [0.25, 0.3) is 0 Å². The molecule has 0 spiro atoms. The van der Waals surface area contributed by atoms with Gasteiger partial charge in [0.1, 0.15) is 0 Å². The molecule has 0 radical (unpaired) electrons. The SMILES string of the molecule is O=C(O)[C@H]1CCCN(S(=O)(=O)c2ccc(Br)cc2)C1. The number of rotatable bonds is 3. The van der Waals surface area contributed by atoms with Crippen LogP contribution in [0.2, 0.25) is 0 Å². The van der Waals surface area contributed by atoms with E-state index in [4.69, 9.17) is 5.11 Å². The van der Waals surface area contributed by atoms with Crippen molar-refractivity contribution in [2.24, 2.45) is 5.92 Å². The fraction of sp³-hybridized carbons (Fsp3) is 0.417. The summed E-state index contributed by atoms with van der Waals surface area (Å²) in [5.41, 5.74) is 0. The van der Waals surface area contributed by atoms with Crippen molar-refractivity contribution >= 4 is 31.9 Å². The van der Waals surface area contributed by atoms with Gasteiger partial charge in [-0.3, -0.25) is 4.79 Å². The Kier molecular flexibility index (Phi) is 4.27. The Balaban J connectivity index is 2.24. The van der Waals surface area contributed by atoms with Crippen molar-refractivity contribution in [2.45, 2.75) is 17.7 Å². The smallest absolute Gasteiger partial charge is 0.307 e. The van der Waals surface area contributed by atoms with Gasteiger partial charge in [-0.05, 0) is 37.1 Å². The van der Waals surface area contributed by atoms with Gasteiger partial charge in [-0.15, -0.1) is 0 Å². The molecule has 0 unspecified atom stereocenters. The summed E-state index contributed by atoms with van der Waals surface area (Å²) in [6.45, 7) is 0.426. The van der Waals surface area contributed by atoms with E-state index >= 15 is 0 Å². The van der Waals surface area contributed by atoms with Crippen molar-refractivity contribution < 1.29 is 18.3 Å². The molecule has 0 aliphatic carbocycles. The lowest BCUT2D eigenvalue weighted by molar-refractivity contribution is -0.142. The zero-order chi connectivity index (χ0) is 14.0. The van der Waals surface area contributed by atoms with Crippen LogP contribution in [-0.2, 0) is 14.8 Å². The summed E-state index contributed by atoms with van der Waals surface area (Å²) in [5, 5.41) is 9.00. The second-order valence-electron chi connectivity index (χ2n) is 4.49. The van der Waals surface area contributed by atoms with E-state index < -0.39 is 21.9 Å². The summed E-state index contributed by atoms with van der Waals surface area (Å²) in [7, 11) is -3.60. The van der Waals surface area contributed by atoms with Crippen molar-refractivity contribution in [2.75, 3.05) is 13.1 Å². The predicted octanol–water partition coefficient (Wildman–Crippen LogP) is 1.93. The largest absolute Gasteiger partial charge is 0.481 e. The summed E-state index contributed by atoms with van der Waals surface area (Å²) < 4.78 is 26.8. The van der Waals surface area contributed by atoms with Crippen LogP contribution >= 0.6 is 15.9 Å². The lowest BCUT2D eigenvalue weighted by Crippen LogP contribution is -2.42. The molecule has 1 atom stereocenters. The van der Waals surface area contributed by atoms with Gasteiger partial charge in [-0.1, -0.05) is 15.9 Å². The molecule has 0 aromatic heterocycles. The Morgan fingerprint density at radius 1 is 1.32 bits per heavy atom. The van der Waals surface area contributed by atoms with Crippen LogP contribution in [0.5, 0.6) is 0 Å². The maximum atomic E-state index is 12.4. The first-order chi connectivity index (χ1) is 8.91. The van der Waals surface area contributed by atoms with Crippen molar-refractivity contribution in [3.05, 3.63) is 28.7 Å². The van der Waals surface area contributed by atoms with Gasteiger partial charge in [0.05, 0.1) is 10.8 Å². The third-order valence-corrected chi connectivity index (χ3v) is 5.59. The van der Waals surface area contributed by atoms with Gasteiger partial charge < -0.3 is 5.11 Å². The van der Waals surface area contributed by atoms with Gasteiger partial charge in [-0.2, -0.15) is 4.31 Å². The highest BCUT2D eigenvalue weighted by molar-refractivity contribution is 9.10. The Labute approximate surface area is 120 Å². The first-order valence-electron chi connectivity index (χ1n) is 5.90. The molecular weight excluding hydrogens is 334 g/mol. The molecule has 1 saturated heterocycles. The van der Waals surface area contributed by atoms with Crippen LogP contribution in [0.3, 0.4) is 0 Å². The number of piperidine rings is 1. The number of hydrogen-bond donors (Lipinski definition) is 1. The molecule has 1 N–H and O–H groups in total. The maximum Gasteiger partial charge on any atom is 0.307 e. The summed E-state index contributed by atoms with van der Waals surface area (Å²) in [6.07, 6.45) is 1.11. The van der Waals surface area contributed by atoms with Crippen LogP contribution in [0.4, 0.5) is 0 Å². The minimum atomic E-state index is -3.60. The Morgan fingerprint density at radius 3 is 2.53 bits per heavy atom. The molecule has 0 amide bonds. The van der Waals surface area contributed by atoms with E-state index in [-0.39, 0.29) is 11.4 Å². The van der Waals surface area contributed by atoms with Crippen molar-refractivity contribution in [3.8, 4) is 0 Å². The number of halogens is 1. The second-order valence-corrected chi connectivity index (χ2v) is 7.35. The Bertz CT molecular complexity index is 570. The molecule has 1 aromatic carbocycles. The first-order valence-corrected chi connectivity index (χ1v) is 8.13. The fourth-order valence-corrected chi connectivity index (χ4v) is 3.91. The Morgan fingerprint density at radius 2 is 1.95 bits per heavy atom. The van der Waals surface area contributed by atoms with E-state index in [0.29, 0.717) is 19.4 Å². The Hall–Kier alpha value is -0.920. The summed E-state index contributed by atoms with van der Waals surface area (Å²) in [6, 6.07) is 6.35. The molecule has 1 aliphatic rings. The highest BCUT2D eigenvalue weighted by Crippen LogP contribution is 2.24. The highest BCUT2D eigenvalue weighted by Gasteiger charge is 2.33. The average Bonchev–Trinajstić information content (AvgIpc) is 2.39. The lowest BCUT2D eigenvalue weighted by atomic mass is 10.0. The molecule has 19 heavy (non-hydrogen) atoms. The average molecular weight is 348 g/mol. The van der Waals surface area contributed by atoms with E-state index in [2.05, 4.69) is 15.9 Å². The van der Waals surface area contributed by atoms with Crippen LogP contribution in [-0.4, -0.2) is 36.9 Å². The molecule has 0 saturated carbocycles. The van der Waals surface area contributed by atoms with Gasteiger partial charge >= 0.3 is 5.97 Å².